The molecule has 0 aromatic heterocycles. The summed E-state index contributed by atoms with van der Waals surface area (Å²) in [4.78, 5) is 25.2. The molecule has 0 aliphatic carbocycles. The molecule has 6 heteroatoms. The zero-order chi connectivity index (χ0) is 15.4. The molecule has 1 aromatic carbocycles. The van der Waals surface area contributed by atoms with Crippen molar-refractivity contribution in [2.75, 3.05) is 13.2 Å². The molecule has 0 radical (unpaired) electrons. The number of benzene rings is 1. The van der Waals surface area contributed by atoms with Crippen LogP contribution in [0.3, 0.4) is 0 Å². The van der Waals surface area contributed by atoms with Gasteiger partial charge in [0, 0.05) is 0 Å². The Kier molecular flexibility index (Phi) is 4.67. The van der Waals surface area contributed by atoms with E-state index in [1.54, 1.807) is 6.07 Å². The average molecular weight is 293 g/mol. The van der Waals surface area contributed by atoms with Gasteiger partial charge in [-0.15, -0.1) is 0 Å². The third-order valence-corrected chi connectivity index (χ3v) is 3.57. The summed E-state index contributed by atoms with van der Waals surface area (Å²) in [6, 6.07) is 4.31. The van der Waals surface area contributed by atoms with E-state index in [0.717, 1.165) is 17.7 Å². The molecule has 21 heavy (non-hydrogen) atoms. The van der Waals surface area contributed by atoms with Gasteiger partial charge in [-0.1, -0.05) is 25.8 Å². The predicted octanol–water partition coefficient (Wildman–Crippen LogP) is 2.35. The third-order valence-electron chi connectivity index (χ3n) is 3.57. The van der Waals surface area contributed by atoms with Crippen LogP contribution in [-0.4, -0.2) is 40.3 Å². The number of nitrogens with zero attached hydrogens (tertiary/aromatic N) is 1. The van der Waals surface area contributed by atoms with Gasteiger partial charge in [-0.3, -0.25) is 4.79 Å². The third kappa shape index (κ3) is 3.26. The van der Waals surface area contributed by atoms with Crippen LogP contribution in [0.15, 0.2) is 18.2 Å². The summed E-state index contributed by atoms with van der Waals surface area (Å²) < 4.78 is 4.80. The summed E-state index contributed by atoms with van der Waals surface area (Å²) in [6.45, 7) is 2.48. The van der Waals surface area contributed by atoms with Crippen molar-refractivity contribution in [1.29, 1.82) is 0 Å². The molecule has 0 bridgehead atoms. The van der Waals surface area contributed by atoms with Crippen LogP contribution in [-0.2, 0) is 9.53 Å². The van der Waals surface area contributed by atoms with E-state index in [1.807, 2.05) is 6.92 Å². The van der Waals surface area contributed by atoms with Crippen LogP contribution < -0.4 is 0 Å². The van der Waals surface area contributed by atoms with E-state index >= 15 is 0 Å². The lowest BCUT2D eigenvalue weighted by atomic mass is 9.92. The average Bonchev–Trinajstić information content (AvgIpc) is 2.89. The Hall–Kier alpha value is -2.24. The minimum absolute atomic E-state index is 0.214. The van der Waals surface area contributed by atoms with Gasteiger partial charge >= 0.3 is 6.09 Å². The van der Waals surface area contributed by atoms with E-state index in [4.69, 9.17) is 4.74 Å². The lowest BCUT2D eigenvalue weighted by molar-refractivity contribution is -0.129. The van der Waals surface area contributed by atoms with E-state index < -0.39 is 12.0 Å². The number of ether oxygens (including phenoxy) is 1. The van der Waals surface area contributed by atoms with Gasteiger partial charge in [0.15, 0.2) is 11.5 Å². The Labute approximate surface area is 122 Å². The molecule has 0 spiro atoms. The van der Waals surface area contributed by atoms with Crippen molar-refractivity contribution in [3.8, 4) is 11.5 Å². The fourth-order valence-corrected chi connectivity index (χ4v) is 2.38. The number of imide groups is 1. The number of hydrogen-bond donors (Lipinski definition) is 2. The highest BCUT2D eigenvalue weighted by Gasteiger charge is 2.34. The van der Waals surface area contributed by atoms with Crippen LogP contribution in [0.25, 0.3) is 0 Å². The molecule has 1 aliphatic heterocycles. The SMILES string of the molecule is CCCCC(C(=O)N1CCOC1=O)c1ccc(O)c(O)c1. The number of carbonyl (C=O) groups excluding carboxylic acids is 2. The van der Waals surface area contributed by atoms with Gasteiger partial charge in [-0.2, -0.15) is 0 Å². The van der Waals surface area contributed by atoms with Gasteiger partial charge in [-0.25, -0.2) is 9.69 Å². The smallest absolute Gasteiger partial charge is 0.416 e. The van der Waals surface area contributed by atoms with E-state index in [1.165, 1.54) is 12.1 Å². The number of amides is 2. The highest BCUT2D eigenvalue weighted by atomic mass is 16.6. The summed E-state index contributed by atoms with van der Waals surface area (Å²) >= 11 is 0. The van der Waals surface area contributed by atoms with Crippen LogP contribution in [0, 0.1) is 0 Å². The maximum atomic E-state index is 12.5. The number of cyclic esters (lactones) is 1. The minimum atomic E-state index is -0.621. The molecule has 1 aromatic rings. The Morgan fingerprint density at radius 2 is 2.14 bits per heavy atom. The molecule has 1 unspecified atom stereocenters. The number of phenols is 2. The maximum Gasteiger partial charge on any atom is 0.416 e. The number of phenolic OH excluding ortho intramolecular Hbond substituents is 2. The van der Waals surface area contributed by atoms with Gasteiger partial charge < -0.3 is 14.9 Å². The lowest BCUT2D eigenvalue weighted by Gasteiger charge is -2.21. The summed E-state index contributed by atoms with van der Waals surface area (Å²) in [6.07, 6.45) is 1.69. The van der Waals surface area contributed by atoms with E-state index in [9.17, 15) is 19.8 Å². The molecule has 1 heterocycles. The van der Waals surface area contributed by atoms with Crippen molar-refractivity contribution in [2.24, 2.45) is 0 Å². The van der Waals surface area contributed by atoms with Crippen LogP contribution in [0.4, 0.5) is 4.79 Å². The topological polar surface area (TPSA) is 87.1 Å². The van der Waals surface area contributed by atoms with Crippen LogP contribution in [0.5, 0.6) is 11.5 Å². The highest BCUT2D eigenvalue weighted by molar-refractivity contribution is 5.96. The first kappa shape index (κ1) is 15.2. The Bertz CT molecular complexity index is 543. The van der Waals surface area contributed by atoms with Crippen molar-refractivity contribution in [3.05, 3.63) is 23.8 Å². The van der Waals surface area contributed by atoms with Crippen LogP contribution >= 0.6 is 0 Å². The number of carbonyl (C=O) groups is 2. The molecule has 2 amide bonds. The van der Waals surface area contributed by atoms with E-state index in [0.29, 0.717) is 12.0 Å². The van der Waals surface area contributed by atoms with Gasteiger partial charge in [0.2, 0.25) is 5.91 Å². The zero-order valence-corrected chi connectivity index (χ0v) is 11.9. The summed E-state index contributed by atoms with van der Waals surface area (Å²) in [7, 11) is 0. The molecular weight excluding hydrogens is 274 g/mol. The first-order valence-corrected chi connectivity index (χ1v) is 7.04. The van der Waals surface area contributed by atoms with Gasteiger partial charge in [0.05, 0.1) is 12.5 Å². The molecule has 2 N–H and O–H groups in total. The van der Waals surface area contributed by atoms with Crippen molar-refractivity contribution in [3.63, 3.8) is 0 Å². The second-order valence-electron chi connectivity index (χ2n) is 5.05. The molecule has 6 nitrogen and oxygen atoms in total. The second kappa shape index (κ2) is 6.47. The Balaban J connectivity index is 2.26. The predicted molar refractivity (Wildman–Crippen MR) is 75.1 cm³/mol. The number of aromatic hydroxyl groups is 2. The standard InChI is InChI=1S/C15H19NO5/c1-2-3-4-11(10-5-6-12(17)13(18)9-10)14(19)16-7-8-21-15(16)20/h5-6,9,11,17-18H,2-4,7-8H2,1H3. The van der Waals surface area contributed by atoms with Crippen molar-refractivity contribution in [1.82, 2.24) is 4.90 Å². The Morgan fingerprint density at radius 3 is 2.71 bits per heavy atom. The monoisotopic (exact) mass is 293 g/mol. The van der Waals surface area contributed by atoms with E-state index in [-0.39, 0.29) is 30.6 Å². The molecule has 1 atom stereocenters. The Morgan fingerprint density at radius 1 is 1.38 bits per heavy atom. The number of rotatable bonds is 5. The molecule has 1 saturated heterocycles. The normalized spacial score (nSPS) is 15.9. The fraction of sp³-hybridized carbons (Fsp3) is 0.467. The second-order valence-corrected chi connectivity index (χ2v) is 5.05. The van der Waals surface area contributed by atoms with E-state index in [2.05, 4.69) is 0 Å². The molecule has 114 valence electrons. The van der Waals surface area contributed by atoms with Gasteiger partial charge in [-0.05, 0) is 24.1 Å². The molecule has 0 saturated carbocycles. The van der Waals surface area contributed by atoms with Crippen molar-refractivity contribution >= 4 is 12.0 Å². The quantitative estimate of drug-likeness (QED) is 0.814. The molecule has 1 aliphatic rings. The van der Waals surface area contributed by atoms with Crippen LogP contribution in [0.2, 0.25) is 0 Å². The first-order chi connectivity index (χ1) is 10.0. The molecule has 1 fully saturated rings. The summed E-state index contributed by atoms with van der Waals surface area (Å²) in [5.41, 5.74) is 0.587. The van der Waals surface area contributed by atoms with Crippen molar-refractivity contribution < 1.29 is 24.5 Å². The van der Waals surface area contributed by atoms with Gasteiger partial charge in [0.25, 0.3) is 0 Å². The number of hydrogen-bond acceptors (Lipinski definition) is 5. The highest BCUT2D eigenvalue weighted by Crippen LogP contribution is 2.32. The number of unbranched alkanes of at least 4 members (excludes halogenated alkanes) is 1. The fourth-order valence-electron chi connectivity index (χ4n) is 2.38. The summed E-state index contributed by atoms with van der Waals surface area (Å²) in [5, 5.41) is 19.0. The molecular formula is C15H19NO5. The maximum absolute atomic E-state index is 12.5. The largest absolute Gasteiger partial charge is 0.504 e. The summed E-state index contributed by atoms with van der Waals surface area (Å²) in [5.74, 6) is -1.36. The van der Waals surface area contributed by atoms with Crippen molar-refractivity contribution in [2.45, 2.75) is 32.1 Å². The van der Waals surface area contributed by atoms with Gasteiger partial charge in [0.1, 0.15) is 6.61 Å². The first-order valence-electron chi connectivity index (χ1n) is 7.04. The lowest BCUT2D eigenvalue weighted by Crippen LogP contribution is -2.35. The van der Waals surface area contributed by atoms with Crippen LogP contribution in [0.1, 0.15) is 37.7 Å². The zero-order valence-electron chi connectivity index (χ0n) is 11.9. The molecule has 2 rings (SSSR count). The minimum Gasteiger partial charge on any atom is -0.504 e.